The van der Waals surface area contributed by atoms with E-state index in [2.05, 4.69) is 26.8 Å². The number of fused-ring (bicyclic) bond motifs is 5. The Hall–Kier alpha value is -0.340. The van der Waals surface area contributed by atoms with Crippen LogP contribution in [-0.4, -0.2) is 21.9 Å². The van der Waals surface area contributed by atoms with Crippen molar-refractivity contribution in [3.63, 3.8) is 0 Å². The highest BCUT2D eigenvalue weighted by molar-refractivity contribution is 5.25. The smallest absolute Gasteiger partial charge is 0.0591 e. The van der Waals surface area contributed by atoms with Gasteiger partial charge in [0.05, 0.1) is 11.7 Å². The first-order valence-corrected chi connectivity index (χ1v) is 12.6. The zero-order valence-electron chi connectivity index (χ0n) is 19.7. The molecule has 2 N–H and O–H groups in total. The van der Waals surface area contributed by atoms with Crippen LogP contribution < -0.4 is 0 Å². The van der Waals surface area contributed by atoms with Gasteiger partial charge >= 0.3 is 0 Å². The minimum absolute atomic E-state index is 0.0987. The second-order valence-corrected chi connectivity index (χ2v) is 12.6. The van der Waals surface area contributed by atoms with Gasteiger partial charge in [-0.25, -0.2) is 0 Å². The summed E-state index contributed by atoms with van der Waals surface area (Å²) in [7, 11) is 0. The van der Waals surface area contributed by atoms with E-state index in [1.165, 1.54) is 44.9 Å². The molecule has 0 aromatic heterocycles. The molecule has 4 aliphatic rings. The number of hydrogen-bond acceptors (Lipinski definition) is 2. The Morgan fingerprint density at radius 3 is 2.62 bits per heavy atom. The minimum Gasteiger partial charge on any atom is -0.393 e. The van der Waals surface area contributed by atoms with E-state index in [0.717, 1.165) is 55.3 Å². The molecule has 29 heavy (non-hydrogen) atoms. The largest absolute Gasteiger partial charge is 0.393 e. The Morgan fingerprint density at radius 1 is 1.14 bits per heavy atom. The lowest BCUT2D eigenvalue weighted by Crippen LogP contribution is -2.51. The third-order valence-corrected chi connectivity index (χ3v) is 10.2. The van der Waals surface area contributed by atoms with Gasteiger partial charge in [-0.15, -0.1) is 0 Å². The molecule has 4 rings (SSSR count). The monoisotopic (exact) mass is 402 g/mol. The van der Waals surface area contributed by atoms with Crippen LogP contribution in [0.2, 0.25) is 0 Å². The zero-order chi connectivity index (χ0) is 21.0. The van der Waals surface area contributed by atoms with Crippen LogP contribution in [0.1, 0.15) is 105 Å². The fourth-order valence-electron chi connectivity index (χ4n) is 8.73. The van der Waals surface area contributed by atoms with Crippen molar-refractivity contribution in [2.45, 2.75) is 117 Å². The third kappa shape index (κ3) is 3.86. The lowest BCUT2D eigenvalue weighted by molar-refractivity contribution is -0.0602. The summed E-state index contributed by atoms with van der Waals surface area (Å²) in [6.07, 6.45) is 15.8. The van der Waals surface area contributed by atoms with Gasteiger partial charge in [-0.2, -0.15) is 0 Å². The van der Waals surface area contributed by atoms with Gasteiger partial charge in [0, 0.05) is 0 Å². The van der Waals surface area contributed by atoms with Crippen LogP contribution in [0.3, 0.4) is 0 Å². The van der Waals surface area contributed by atoms with Gasteiger partial charge in [0.2, 0.25) is 0 Å². The standard InChI is InChI=1S/C27H46O2/c1-18-16-19(8-6-7-13-25(2,3)29)27(5)15-12-23-22(24(18)27)10-9-20-17-21(28)11-14-26(20,23)4/h9,18-19,21-24,28-29H,6-8,10-17H2,1-5H3. The Balaban J connectivity index is 1.48. The van der Waals surface area contributed by atoms with Crippen LogP contribution in [-0.2, 0) is 0 Å². The SMILES string of the molecule is CC1CC(CCCCC(C)(C)O)C2(C)CCC3C(CC=C4CC(O)CCC43C)C12. The van der Waals surface area contributed by atoms with E-state index in [1.807, 2.05) is 13.8 Å². The second kappa shape index (κ2) is 7.66. The molecule has 0 aliphatic heterocycles. The summed E-state index contributed by atoms with van der Waals surface area (Å²) < 4.78 is 0. The maximum absolute atomic E-state index is 10.2. The van der Waals surface area contributed by atoms with Crippen LogP contribution in [0, 0.1) is 40.4 Å². The molecular formula is C27H46O2. The molecule has 0 spiro atoms. The average molecular weight is 403 g/mol. The predicted octanol–water partition coefficient (Wildman–Crippen LogP) is 6.50. The average Bonchev–Trinajstić information content (AvgIpc) is 2.89. The third-order valence-electron chi connectivity index (χ3n) is 10.2. The molecule has 2 nitrogen and oxygen atoms in total. The Kier molecular flexibility index (Phi) is 5.78. The molecule has 8 unspecified atom stereocenters. The van der Waals surface area contributed by atoms with E-state index in [4.69, 9.17) is 0 Å². The molecule has 0 radical (unpaired) electrons. The van der Waals surface area contributed by atoms with Crippen molar-refractivity contribution in [3.8, 4) is 0 Å². The molecule has 0 bridgehead atoms. The first-order chi connectivity index (χ1) is 13.5. The van der Waals surface area contributed by atoms with E-state index in [0.29, 0.717) is 10.8 Å². The van der Waals surface area contributed by atoms with Gasteiger partial charge in [0.15, 0.2) is 0 Å². The van der Waals surface area contributed by atoms with E-state index in [1.54, 1.807) is 5.57 Å². The minimum atomic E-state index is -0.511. The van der Waals surface area contributed by atoms with Crippen molar-refractivity contribution in [2.24, 2.45) is 40.4 Å². The summed E-state index contributed by atoms with van der Waals surface area (Å²) >= 11 is 0. The fourth-order valence-corrected chi connectivity index (χ4v) is 8.73. The molecule has 4 aliphatic carbocycles. The number of aliphatic hydroxyl groups is 2. The topological polar surface area (TPSA) is 40.5 Å². The van der Waals surface area contributed by atoms with Gasteiger partial charge in [0.1, 0.15) is 0 Å². The Morgan fingerprint density at radius 2 is 1.90 bits per heavy atom. The van der Waals surface area contributed by atoms with Gasteiger partial charge in [-0.3, -0.25) is 0 Å². The zero-order valence-corrected chi connectivity index (χ0v) is 19.7. The number of rotatable bonds is 5. The van der Waals surface area contributed by atoms with Gasteiger partial charge in [-0.1, -0.05) is 45.3 Å². The molecule has 8 atom stereocenters. The molecule has 0 saturated heterocycles. The predicted molar refractivity (Wildman–Crippen MR) is 121 cm³/mol. The van der Waals surface area contributed by atoms with E-state index < -0.39 is 5.60 Å². The van der Waals surface area contributed by atoms with Crippen LogP contribution in [0.25, 0.3) is 0 Å². The number of hydrogen-bond donors (Lipinski definition) is 2. The highest BCUT2D eigenvalue weighted by Crippen LogP contribution is 2.68. The van der Waals surface area contributed by atoms with Crippen molar-refractivity contribution in [1.82, 2.24) is 0 Å². The molecule has 0 amide bonds. The quantitative estimate of drug-likeness (QED) is 0.407. The summed E-state index contributed by atoms with van der Waals surface area (Å²) in [5.74, 6) is 4.29. The highest BCUT2D eigenvalue weighted by atomic mass is 16.3. The summed E-state index contributed by atoms with van der Waals surface area (Å²) in [6, 6.07) is 0. The Bertz CT molecular complexity index is 631. The summed E-state index contributed by atoms with van der Waals surface area (Å²) in [6.45, 7) is 11.6. The highest BCUT2D eigenvalue weighted by Gasteiger charge is 2.60. The molecule has 3 saturated carbocycles. The number of aliphatic hydroxyl groups excluding tert-OH is 1. The molecule has 3 fully saturated rings. The van der Waals surface area contributed by atoms with E-state index >= 15 is 0 Å². The summed E-state index contributed by atoms with van der Waals surface area (Å²) in [5, 5.41) is 20.3. The van der Waals surface area contributed by atoms with Gasteiger partial charge < -0.3 is 10.2 Å². The normalized spacial score (nSPS) is 47.2. The van der Waals surface area contributed by atoms with Crippen LogP contribution in [0.4, 0.5) is 0 Å². The van der Waals surface area contributed by atoms with Crippen molar-refractivity contribution in [3.05, 3.63) is 11.6 Å². The maximum atomic E-state index is 10.2. The van der Waals surface area contributed by atoms with E-state index in [-0.39, 0.29) is 6.10 Å². The first kappa shape index (κ1) is 21.9. The van der Waals surface area contributed by atoms with Crippen LogP contribution in [0.5, 0.6) is 0 Å². The van der Waals surface area contributed by atoms with Crippen molar-refractivity contribution in [1.29, 1.82) is 0 Å². The molecule has 0 aromatic rings. The van der Waals surface area contributed by atoms with Crippen LogP contribution >= 0.6 is 0 Å². The molecule has 166 valence electrons. The van der Waals surface area contributed by atoms with Gasteiger partial charge in [-0.05, 0) is 112 Å². The van der Waals surface area contributed by atoms with Crippen molar-refractivity contribution in [2.75, 3.05) is 0 Å². The van der Waals surface area contributed by atoms with Crippen molar-refractivity contribution < 1.29 is 10.2 Å². The summed E-state index contributed by atoms with van der Waals surface area (Å²) in [4.78, 5) is 0. The number of allylic oxidation sites excluding steroid dienone is 1. The van der Waals surface area contributed by atoms with Gasteiger partial charge in [0.25, 0.3) is 0 Å². The second-order valence-electron chi connectivity index (χ2n) is 12.6. The van der Waals surface area contributed by atoms with E-state index in [9.17, 15) is 10.2 Å². The Labute approximate surface area is 179 Å². The lowest BCUT2D eigenvalue weighted by atomic mass is 9.46. The molecular weight excluding hydrogens is 356 g/mol. The first-order valence-electron chi connectivity index (χ1n) is 12.6. The molecule has 0 aromatic carbocycles. The van der Waals surface area contributed by atoms with Crippen molar-refractivity contribution >= 4 is 0 Å². The summed E-state index contributed by atoms with van der Waals surface area (Å²) in [5.41, 5.74) is 1.96. The number of unbranched alkanes of at least 4 members (excludes halogenated alkanes) is 1. The van der Waals surface area contributed by atoms with Crippen LogP contribution in [0.15, 0.2) is 11.6 Å². The fraction of sp³-hybridized carbons (Fsp3) is 0.926. The molecule has 2 heteroatoms. The lowest BCUT2D eigenvalue weighted by Gasteiger charge is -2.58. The maximum Gasteiger partial charge on any atom is 0.0591 e. The molecule has 0 heterocycles.